The van der Waals surface area contributed by atoms with Gasteiger partial charge in [-0.15, -0.1) is 0 Å². The smallest absolute Gasteiger partial charge is 0.119 e. The maximum absolute atomic E-state index is 6.21. The van der Waals surface area contributed by atoms with E-state index in [9.17, 15) is 0 Å². The molecule has 1 atom stereocenters. The first-order valence-corrected chi connectivity index (χ1v) is 6.69. The van der Waals surface area contributed by atoms with Gasteiger partial charge in [-0.1, -0.05) is 41.4 Å². The molecule has 0 radical (unpaired) electrons. The van der Waals surface area contributed by atoms with Crippen molar-refractivity contribution in [3.8, 4) is 5.75 Å². The molecule has 0 bridgehead atoms. The highest BCUT2D eigenvalue weighted by Gasteiger charge is 2.09. The Morgan fingerprint density at radius 3 is 2.58 bits per heavy atom. The highest BCUT2D eigenvalue weighted by atomic mass is 35.5. The minimum absolute atomic E-state index is 0.104. The number of nitrogens with two attached hydrogens (primary N) is 1. The van der Waals surface area contributed by atoms with Crippen LogP contribution in [0.3, 0.4) is 0 Å². The van der Waals surface area contributed by atoms with Gasteiger partial charge in [-0.3, -0.25) is 0 Å². The van der Waals surface area contributed by atoms with Crippen LogP contribution in [0.15, 0.2) is 42.5 Å². The molecule has 19 heavy (non-hydrogen) atoms. The molecule has 4 heteroatoms. The molecule has 0 saturated carbocycles. The van der Waals surface area contributed by atoms with Crippen LogP contribution in [0.25, 0.3) is 0 Å². The van der Waals surface area contributed by atoms with Crippen LogP contribution in [0.1, 0.15) is 17.2 Å². The number of methoxy groups -OCH3 is 1. The standard InChI is InChI=1S/C15H15Cl2NO/c1-19-12-4-2-3-11(9-12)15(18)8-10-5-6-13(16)14(17)7-10/h2-7,9,15H,8,18H2,1H3. The Labute approximate surface area is 123 Å². The Bertz CT molecular complexity index is 572. The lowest BCUT2D eigenvalue weighted by atomic mass is 9.99. The van der Waals surface area contributed by atoms with E-state index in [1.807, 2.05) is 36.4 Å². The van der Waals surface area contributed by atoms with Crippen molar-refractivity contribution in [2.45, 2.75) is 12.5 Å². The van der Waals surface area contributed by atoms with Gasteiger partial charge in [0.2, 0.25) is 0 Å². The molecule has 0 spiro atoms. The molecule has 0 fully saturated rings. The van der Waals surface area contributed by atoms with Crippen molar-refractivity contribution in [3.05, 3.63) is 63.6 Å². The van der Waals surface area contributed by atoms with Crippen LogP contribution in [0.4, 0.5) is 0 Å². The third-order valence-corrected chi connectivity index (χ3v) is 3.70. The predicted molar refractivity (Wildman–Crippen MR) is 80.1 cm³/mol. The molecule has 0 aliphatic carbocycles. The Kier molecular flexibility index (Phi) is 4.70. The summed E-state index contributed by atoms with van der Waals surface area (Å²) in [6.45, 7) is 0. The van der Waals surface area contributed by atoms with Crippen molar-refractivity contribution in [2.24, 2.45) is 5.73 Å². The van der Waals surface area contributed by atoms with Crippen LogP contribution in [0, 0.1) is 0 Å². The van der Waals surface area contributed by atoms with Gasteiger partial charge in [-0.05, 0) is 41.8 Å². The molecule has 0 amide bonds. The van der Waals surface area contributed by atoms with E-state index in [0.29, 0.717) is 16.5 Å². The number of hydrogen-bond donors (Lipinski definition) is 1. The zero-order valence-corrected chi connectivity index (χ0v) is 12.1. The third-order valence-electron chi connectivity index (χ3n) is 2.96. The highest BCUT2D eigenvalue weighted by Crippen LogP contribution is 2.26. The van der Waals surface area contributed by atoms with Crippen LogP contribution in [-0.2, 0) is 6.42 Å². The van der Waals surface area contributed by atoms with E-state index < -0.39 is 0 Å². The minimum Gasteiger partial charge on any atom is -0.497 e. The number of rotatable bonds is 4. The van der Waals surface area contributed by atoms with Crippen molar-refractivity contribution >= 4 is 23.2 Å². The van der Waals surface area contributed by atoms with E-state index in [1.54, 1.807) is 13.2 Å². The Balaban J connectivity index is 2.15. The summed E-state index contributed by atoms with van der Waals surface area (Å²) in [5, 5.41) is 1.11. The largest absolute Gasteiger partial charge is 0.497 e. The highest BCUT2D eigenvalue weighted by molar-refractivity contribution is 6.42. The zero-order chi connectivity index (χ0) is 13.8. The lowest BCUT2D eigenvalue weighted by Gasteiger charge is -2.13. The van der Waals surface area contributed by atoms with Crippen molar-refractivity contribution in [2.75, 3.05) is 7.11 Å². The van der Waals surface area contributed by atoms with E-state index in [1.165, 1.54) is 0 Å². The molecule has 0 aliphatic rings. The normalized spacial score (nSPS) is 12.2. The molecule has 2 N–H and O–H groups in total. The van der Waals surface area contributed by atoms with Gasteiger partial charge in [-0.25, -0.2) is 0 Å². The lowest BCUT2D eigenvalue weighted by molar-refractivity contribution is 0.414. The molecule has 2 rings (SSSR count). The van der Waals surface area contributed by atoms with Gasteiger partial charge in [0.25, 0.3) is 0 Å². The minimum atomic E-state index is -0.104. The molecular weight excluding hydrogens is 281 g/mol. The maximum atomic E-state index is 6.21. The molecule has 0 aromatic heterocycles. The van der Waals surface area contributed by atoms with Crippen LogP contribution < -0.4 is 10.5 Å². The molecule has 100 valence electrons. The number of ether oxygens (including phenoxy) is 1. The summed E-state index contributed by atoms with van der Waals surface area (Å²) in [5.41, 5.74) is 8.30. The summed E-state index contributed by atoms with van der Waals surface area (Å²) >= 11 is 11.9. The van der Waals surface area contributed by atoms with E-state index >= 15 is 0 Å². The van der Waals surface area contributed by atoms with Crippen LogP contribution >= 0.6 is 23.2 Å². The van der Waals surface area contributed by atoms with E-state index in [-0.39, 0.29) is 6.04 Å². The first kappa shape index (κ1) is 14.2. The summed E-state index contributed by atoms with van der Waals surface area (Å²) in [5.74, 6) is 0.807. The second-order valence-corrected chi connectivity index (χ2v) is 5.15. The molecule has 1 unspecified atom stereocenters. The molecule has 2 aromatic rings. The molecule has 2 nitrogen and oxygen atoms in total. The van der Waals surface area contributed by atoms with Gasteiger partial charge in [0, 0.05) is 6.04 Å². The Morgan fingerprint density at radius 1 is 1.11 bits per heavy atom. The van der Waals surface area contributed by atoms with Crippen LogP contribution in [0.5, 0.6) is 5.75 Å². The first-order chi connectivity index (χ1) is 9.10. The summed E-state index contributed by atoms with van der Waals surface area (Å²) < 4.78 is 5.20. The van der Waals surface area contributed by atoms with Gasteiger partial charge < -0.3 is 10.5 Å². The molecule has 0 aliphatic heterocycles. The predicted octanol–water partition coefficient (Wildman–Crippen LogP) is 4.24. The van der Waals surface area contributed by atoms with E-state index in [2.05, 4.69) is 0 Å². The molecule has 2 aromatic carbocycles. The van der Waals surface area contributed by atoms with Gasteiger partial charge in [-0.2, -0.15) is 0 Å². The fraction of sp³-hybridized carbons (Fsp3) is 0.200. The van der Waals surface area contributed by atoms with Crippen molar-refractivity contribution in [3.63, 3.8) is 0 Å². The monoisotopic (exact) mass is 295 g/mol. The summed E-state index contributed by atoms with van der Waals surface area (Å²) in [6, 6.07) is 13.2. The van der Waals surface area contributed by atoms with Crippen molar-refractivity contribution < 1.29 is 4.74 Å². The number of hydrogen-bond acceptors (Lipinski definition) is 2. The molecule has 0 saturated heterocycles. The van der Waals surface area contributed by atoms with Gasteiger partial charge in [0.1, 0.15) is 5.75 Å². The summed E-state index contributed by atoms with van der Waals surface area (Å²) in [4.78, 5) is 0. The van der Waals surface area contributed by atoms with Crippen molar-refractivity contribution in [1.29, 1.82) is 0 Å². The maximum Gasteiger partial charge on any atom is 0.119 e. The third kappa shape index (κ3) is 3.63. The summed E-state index contributed by atoms with van der Waals surface area (Å²) in [6.07, 6.45) is 0.698. The van der Waals surface area contributed by atoms with Gasteiger partial charge in [0.15, 0.2) is 0 Å². The lowest BCUT2D eigenvalue weighted by Crippen LogP contribution is -2.13. The average Bonchev–Trinajstić information content (AvgIpc) is 2.43. The first-order valence-electron chi connectivity index (χ1n) is 5.93. The summed E-state index contributed by atoms with van der Waals surface area (Å²) in [7, 11) is 1.64. The van der Waals surface area contributed by atoms with E-state index in [4.69, 9.17) is 33.7 Å². The number of benzene rings is 2. The van der Waals surface area contributed by atoms with Crippen LogP contribution in [-0.4, -0.2) is 7.11 Å². The topological polar surface area (TPSA) is 35.2 Å². The molecule has 0 heterocycles. The quantitative estimate of drug-likeness (QED) is 0.915. The van der Waals surface area contributed by atoms with Gasteiger partial charge >= 0.3 is 0 Å². The zero-order valence-electron chi connectivity index (χ0n) is 10.6. The number of halogens is 2. The average molecular weight is 296 g/mol. The SMILES string of the molecule is COc1cccc(C(N)Cc2ccc(Cl)c(Cl)c2)c1. The fourth-order valence-electron chi connectivity index (χ4n) is 1.91. The Hall–Kier alpha value is -1.22. The van der Waals surface area contributed by atoms with Crippen LogP contribution in [0.2, 0.25) is 10.0 Å². The second kappa shape index (κ2) is 6.29. The Morgan fingerprint density at radius 2 is 1.89 bits per heavy atom. The molecular formula is C15H15Cl2NO. The van der Waals surface area contributed by atoms with Crippen molar-refractivity contribution in [1.82, 2.24) is 0 Å². The fourth-order valence-corrected chi connectivity index (χ4v) is 2.23. The second-order valence-electron chi connectivity index (χ2n) is 4.34. The van der Waals surface area contributed by atoms with E-state index in [0.717, 1.165) is 16.9 Å². The van der Waals surface area contributed by atoms with Gasteiger partial charge in [0.05, 0.1) is 17.2 Å².